The van der Waals surface area contributed by atoms with Crippen LogP contribution in [0.1, 0.15) is 10.4 Å². The van der Waals surface area contributed by atoms with E-state index in [1.807, 2.05) is 22.6 Å². The Morgan fingerprint density at radius 2 is 1.84 bits per heavy atom. The van der Waals surface area contributed by atoms with Crippen molar-refractivity contribution in [3.8, 4) is 0 Å². The Kier molecular flexibility index (Phi) is 4.51. The topological polar surface area (TPSA) is 29.1 Å². The Hall–Kier alpha value is -1.02. The molecule has 0 unspecified atom stereocenters. The standard InChI is InChI=1S/C13H7BrF2INO/c14-8-5-12(10(16)6-9(8)15)18-13(19)7-3-1-2-4-11(7)17/h1-6H,(H,18,19). The number of hydrogen-bond acceptors (Lipinski definition) is 1. The number of carbonyl (C=O) groups is 1. The normalized spacial score (nSPS) is 10.3. The lowest BCUT2D eigenvalue weighted by Crippen LogP contribution is -2.14. The van der Waals surface area contributed by atoms with Gasteiger partial charge in [0.25, 0.3) is 5.91 Å². The summed E-state index contributed by atoms with van der Waals surface area (Å²) in [6.45, 7) is 0. The molecule has 0 saturated heterocycles. The third-order valence-electron chi connectivity index (χ3n) is 2.38. The predicted molar refractivity (Wildman–Crippen MR) is 81.2 cm³/mol. The number of nitrogens with one attached hydrogen (secondary N) is 1. The van der Waals surface area contributed by atoms with Gasteiger partial charge in [0, 0.05) is 9.64 Å². The molecular weight excluding hydrogens is 431 g/mol. The molecule has 0 radical (unpaired) electrons. The molecule has 2 aromatic carbocycles. The fourth-order valence-corrected chi connectivity index (χ4v) is 2.43. The van der Waals surface area contributed by atoms with Crippen molar-refractivity contribution >= 4 is 50.1 Å². The van der Waals surface area contributed by atoms with Crippen LogP contribution in [0.3, 0.4) is 0 Å². The molecule has 1 N–H and O–H groups in total. The van der Waals surface area contributed by atoms with E-state index in [1.54, 1.807) is 24.3 Å². The van der Waals surface area contributed by atoms with Crippen molar-refractivity contribution in [2.24, 2.45) is 0 Å². The van der Waals surface area contributed by atoms with Gasteiger partial charge < -0.3 is 5.32 Å². The molecular formula is C13H7BrF2INO. The summed E-state index contributed by atoms with van der Waals surface area (Å²) in [6.07, 6.45) is 0. The molecule has 98 valence electrons. The van der Waals surface area contributed by atoms with E-state index in [9.17, 15) is 13.6 Å². The van der Waals surface area contributed by atoms with Crippen molar-refractivity contribution in [2.45, 2.75) is 0 Å². The minimum Gasteiger partial charge on any atom is -0.319 e. The molecule has 2 aromatic rings. The molecule has 0 bridgehead atoms. The number of anilines is 1. The minimum atomic E-state index is -0.819. The van der Waals surface area contributed by atoms with Crippen molar-refractivity contribution in [1.82, 2.24) is 0 Å². The Morgan fingerprint density at radius 1 is 1.16 bits per heavy atom. The van der Waals surface area contributed by atoms with Crippen LogP contribution >= 0.6 is 38.5 Å². The number of hydrogen-bond donors (Lipinski definition) is 1. The zero-order valence-corrected chi connectivity index (χ0v) is 13.1. The van der Waals surface area contributed by atoms with Crippen molar-refractivity contribution in [1.29, 1.82) is 0 Å². The summed E-state index contributed by atoms with van der Waals surface area (Å²) < 4.78 is 27.5. The Bertz CT molecular complexity index is 649. The first-order valence-corrected chi connectivity index (χ1v) is 7.06. The highest BCUT2D eigenvalue weighted by atomic mass is 127. The van der Waals surface area contributed by atoms with Crippen LogP contribution in [0.5, 0.6) is 0 Å². The molecule has 0 atom stereocenters. The highest BCUT2D eigenvalue weighted by Gasteiger charge is 2.14. The van der Waals surface area contributed by atoms with Crippen LogP contribution in [0.15, 0.2) is 40.9 Å². The largest absolute Gasteiger partial charge is 0.319 e. The van der Waals surface area contributed by atoms with Gasteiger partial charge in [-0.25, -0.2) is 8.78 Å². The maximum atomic E-state index is 13.5. The molecule has 6 heteroatoms. The van der Waals surface area contributed by atoms with Crippen molar-refractivity contribution in [2.75, 3.05) is 5.32 Å². The van der Waals surface area contributed by atoms with Gasteiger partial charge in [0.15, 0.2) is 0 Å². The average molecular weight is 438 g/mol. The fraction of sp³-hybridized carbons (Fsp3) is 0. The Labute approximate surface area is 130 Å². The van der Waals surface area contributed by atoms with E-state index in [-0.39, 0.29) is 10.2 Å². The smallest absolute Gasteiger partial charge is 0.256 e. The molecule has 1 amide bonds. The van der Waals surface area contributed by atoms with Crippen LogP contribution < -0.4 is 5.32 Å². The average Bonchev–Trinajstić information content (AvgIpc) is 2.36. The zero-order valence-electron chi connectivity index (χ0n) is 9.38. The lowest BCUT2D eigenvalue weighted by atomic mass is 10.2. The molecule has 0 aromatic heterocycles. The van der Waals surface area contributed by atoms with Crippen LogP contribution in [0.2, 0.25) is 0 Å². The van der Waals surface area contributed by atoms with Gasteiger partial charge in [0.2, 0.25) is 0 Å². The number of halogens is 4. The summed E-state index contributed by atoms with van der Waals surface area (Å²) in [7, 11) is 0. The second-order valence-corrected chi connectivity index (χ2v) is 5.70. The van der Waals surface area contributed by atoms with Gasteiger partial charge in [0.05, 0.1) is 15.7 Å². The van der Waals surface area contributed by atoms with Crippen LogP contribution in [-0.2, 0) is 0 Å². The van der Waals surface area contributed by atoms with E-state index in [4.69, 9.17) is 0 Å². The van der Waals surface area contributed by atoms with Gasteiger partial charge in [0.1, 0.15) is 11.6 Å². The minimum absolute atomic E-state index is 0.0714. The number of amides is 1. The Balaban J connectivity index is 2.30. The Morgan fingerprint density at radius 3 is 2.53 bits per heavy atom. The highest BCUT2D eigenvalue weighted by Crippen LogP contribution is 2.24. The molecule has 2 nitrogen and oxygen atoms in total. The summed E-state index contributed by atoms with van der Waals surface area (Å²) in [4.78, 5) is 12.0. The summed E-state index contributed by atoms with van der Waals surface area (Å²) in [5.74, 6) is -1.98. The van der Waals surface area contributed by atoms with Gasteiger partial charge in [-0.3, -0.25) is 4.79 Å². The second kappa shape index (κ2) is 5.96. The van der Waals surface area contributed by atoms with Crippen molar-refractivity contribution in [3.63, 3.8) is 0 Å². The number of benzene rings is 2. The SMILES string of the molecule is O=C(Nc1cc(Br)c(F)cc1F)c1ccccc1I. The lowest BCUT2D eigenvalue weighted by molar-refractivity contribution is 0.102. The van der Waals surface area contributed by atoms with E-state index in [0.717, 1.165) is 9.64 Å². The molecule has 0 aliphatic heterocycles. The number of carbonyl (C=O) groups excluding carboxylic acids is 1. The van der Waals surface area contributed by atoms with E-state index in [2.05, 4.69) is 21.2 Å². The highest BCUT2D eigenvalue weighted by molar-refractivity contribution is 14.1. The molecule has 19 heavy (non-hydrogen) atoms. The molecule has 0 saturated carbocycles. The molecule has 0 aliphatic rings. The molecule has 0 fully saturated rings. The molecule has 2 rings (SSSR count). The van der Waals surface area contributed by atoms with Gasteiger partial charge in [-0.1, -0.05) is 12.1 Å². The van der Waals surface area contributed by atoms with Crippen LogP contribution in [-0.4, -0.2) is 5.91 Å². The van der Waals surface area contributed by atoms with E-state index in [1.165, 1.54) is 6.07 Å². The van der Waals surface area contributed by atoms with Gasteiger partial charge in [-0.05, 0) is 56.7 Å². The molecule has 0 heterocycles. The third-order valence-corrected chi connectivity index (χ3v) is 3.93. The van der Waals surface area contributed by atoms with Crippen molar-refractivity contribution < 1.29 is 13.6 Å². The van der Waals surface area contributed by atoms with Gasteiger partial charge in [-0.2, -0.15) is 0 Å². The first-order chi connectivity index (χ1) is 8.99. The lowest BCUT2D eigenvalue weighted by Gasteiger charge is -2.08. The molecule has 0 aliphatic carbocycles. The summed E-state index contributed by atoms with van der Waals surface area (Å²) in [5, 5.41) is 2.42. The summed E-state index contributed by atoms with van der Waals surface area (Å²) in [6, 6.07) is 8.83. The van der Waals surface area contributed by atoms with Crippen LogP contribution in [0, 0.1) is 15.2 Å². The maximum absolute atomic E-state index is 13.5. The molecule has 0 spiro atoms. The van der Waals surface area contributed by atoms with Crippen molar-refractivity contribution in [3.05, 3.63) is 61.6 Å². The van der Waals surface area contributed by atoms with Crippen LogP contribution in [0.25, 0.3) is 0 Å². The fourth-order valence-electron chi connectivity index (χ4n) is 1.45. The monoisotopic (exact) mass is 437 g/mol. The summed E-state index contributed by atoms with van der Waals surface area (Å²) in [5.41, 5.74) is 0.362. The maximum Gasteiger partial charge on any atom is 0.256 e. The quantitative estimate of drug-likeness (QED) is 0.540. The third kappa shape index (κ3) is 3.30. The first kappa shape index (κ1) is 14.4. The van der Waals surface area contributed by atoms with Crippen LogP contribution in [0.4, 0.5) is 14.5 Å². The first-order valence-electron chi connectivity index (χ1n) is 5.19. The zero-order chi connectivity index (χ0) is 14.0. The summed E-state index contributed by atoms with van der Waals surface area (Å²) >= 11 is 4.96. The number of rotatable bonds is 2. The van der Waals surface area contributed by atoms with E-state index < -0.39 is 17.5 Å². The van der Waals surface area contributed by atoms with E-state index in [0.29, 0.717) is 5.56 Å². The van der Waals surface area contributed by atoms with Gasteiger partial charge in [-0.15, -0.1) is 0 Å². The second-order valence-electron chi connectivity index (χ2n) is 3.68. The van der Waals surface area contributed by atoms with Gasteiger partial charge >= 0.3 is 0 Å². The predicted octanol–water partition coefficient (Wildman–Crippen LogP) is 4.58. The van der Waals surface area contributed by atoms with E-state index >= 15 is 0 Å².